The fourth-order valence-corrected chi connectivity index (χ4v) is 2.72. The zero-order valence-electron chi connectivity index (χ0n) is 13.7. The molecule has 21 heavy (non-hydrogen) atoms. The Balaban J connectivity index is 2.62. The molecule has 120 valence electrons. The van der Waals surface area contributed by atoms with Gasteiger partial charge in [0, 0.05) is 36.8 Å². The zero-order valence-corrected chi connectivity index (χ0v) is 15.3. The largest absolute Gasteiger partial charge is 0.383 e. The number of halogens is 1. The number of nitrogens with zero attached hydrogens (tertiary/aromatic N) is 1. The molecule has 0 aliphatic rings. The van der Waals surface area contributed by atoms with E-state index in [-0.39, 0.29) is 0 Å². The minimum Gasteiger partial charge on any atom is -0.383 e. The Morgan fingerprint density at radius 2 is 1.86 bits per heavy atom. The second-order valence-electron chi connectivity index (χ2n) is 5.57. The van der Waals surface area contributed by atoms with Crippen LogP contribution in [0.3, 0.4) is 0 Å². The predicted octanol–water partition coefficient (Wildman–Crippen LogP) is 3.85. The van der Waals surface area contributed by atoms with Gasteiger partial charge in [0.2, 0.25) is 0 Å². The molecule has 1 atom stereocenters. The molecule has 4 heteroatoms. The van der Waals surface area contributed by atoms with Crippen LogP contribution in [0.2, 0.25) is 0 Å². The van der Waals surface area contributed by atoms with Gasteiger partial charge >= 0.3 is 0 Å². The molecule has 0 fully saturated rings. The summed E-state index contributed by atoms with van der Waals surface area (Å²) in [5.74, 6) is 0. The van der Waals surface area contributed by atoms with E-state index in [1.165, 1.54) is 5.56 Å². The molecule has 0 aliphatic heterocycles. The van der Waals surface area contributed by atoms with Crippen molar-refractivity contribution in [2.24, 2.45) is 0 Å². The lowest BCUT2D eigenvalue weighted by molar-refractivity contribution is 0.126. The highest BCUT2D eigenvalue weighted by molar-refractivity contribution is 9.10. The fourth-order valence-electron chi connectivity index (χ4n) is 2.46. The number of methoxy groups -OCH3 is 1. The van der Waals surface area contributed by atoms with E-state index in [2.05, 4.69) is 71.2 Å². The number of rotatable bonds is 10. The summed E-state index contributed by atoms with van der Waals surface area (Å²) in [6.07, 6.45) is 1.11. The lowest BCUT2D eigenvalue weighted by Gasteiger charge is -2.28. The first-order chi connectivity index (χ1) is 10.1. The molecule has 0 saturated heterocycles. The third kappa shape index (κ3) is 6.92. The number of hydrogen-bond acceptors (Lipinski definition) is 3. The molecular weight excluding hydrogens is 328 g/mol. The summed E-state index contributed by atoms with van der Waals surface area (Å²) in [4.78, 5) is 2.48. The Bertz CT molecular complexity index is 381. The number of nitrogens with one attached hydrogen (secondary N) is 1. The van der Waals surface area contributed by atoms with Crippen molar-refractivity contribution < 1.29 is 4.74 Å². The van der Waals surface area contributed by atoms with Gasteiger partial charge in [0.1, 0.15) is 0 Å². The van der Waals surface area contributed by atoms with Crippen molar-refractivity contribution in [1.29, 1.82) is 0 Å². The highest BCUT2D eigenvalue weighted by Crippen LogP contribution is 2.20. The minimum atomic E-state index is 0.409. The quantitative estimate of drug-likeness (QED) is 0.689. The Kier molecular flexibility index (Phi) is 9.16. The standard InChI is InChI=1S/C17H29BrN2O/c1-5-19-17(15-6-8-16(18)9-7-15)10-11-20(14(2)3)12-13-21-4/h6-9,14,17,19H,5,10-13H2,1-4H3. The van der Waals surface area contributed by atoms with Crippen molar-refractivity contribution >= 4 is 15.9 Å². The molecular formula is C17H29BrN2O. The van der Waals surface area contributed by atoms with E-state index >= 15 is 0 Å². The van der Waals surface area contributed by atoms with Crippen LogP contribution < -0.4 is 5.32 Å². The molecule has 1 aromatic carbocycles. The van der Waals surface area contributed by atoms with Crippen molar-refractivity contribution in [3.63, 3.8) is 0 Å². The average Bonchev–Trinajstić information content (AvgIpc) is 2.46. The van der Waals surface area contributed by atoms with Crippen LogP contribution in [0.1, 0.15) is 38.8 Å². The van der Waals surface area contributed by atoms with Crippen LogP contribution in [0.5, 0.6) is 0 Å². The van der Waals surface area contributed by atoms with Crippen LogP contribution in [0.15, 0.2) is 28.7 Å². The third-order valence-electron chi connectivity index (χ3n) is 3.74. The molecule has 0 aromatic heterocycles. The van der Waals surface area contributed by atoms with Gasteiger partial charge < -0.3 is 10.1 Å². The fraction of sp³-hybridized carbons (Fsp3) is 0.647. The van der Waals surface area contributed by atoms with Gasteiger partial charge in [-0.25, -0.2) is 0 Å². The summed E-state index contributed by atoms with van der Waals surface area (Å²) in [5, 5.41) is 3.60. The number of benzene rings is 1. The van der Waals surface area contributed by atoms with Gasteiger partial charge in [0.05, 0.1) is 6.61 Å². The van der Waals surface area contributed by atoms with Crippen LogP contribution >= 0.6 is 15.9 Å². The van der Waals surface area contributed by atoms with E-state index in [0.717, 1.165) is 37.1 Å². The summed E-state index contributed by atoms with van der Waals surface area (Å²) in [5.41, 5.74) is 1.36. The first-order valence-corrected chi connectivity index (χ1v) is 8.59. The predicted molar refractivity (Wildman–Crippen MR) is 93.8 cm³/mol. The van der Waals surface area contributed by atoms with Gasteiger partial charge in [-0.15, -0.1) is 0 Å². The second-order valence-corrected chi connectivity index (χ2v) is 6.49. The summed E-state index contributed by atoms with van der Waals surface area (Å²) in [6.45, 7) is 10.5. The smallest absolute Gasteiger partial charge is 0.0589 e. The maximum Gasteiger partial charge on any atom is 0.0589 e. The molecule has 1 aromatic rings. The second kappa shape index (κ2) is 10.3. The van der Waals surface area contributed by atoms with Gasteiger partial charge in [0.15, 0.2) is 0 Å². The Morgan fingerprint density at radius 3 is 2.38 bits per heavy atom. The van der Waals surface area contributed by atoms with Crippen molar-refractivity contribution in [1.82, 2.24) is 10.2 Å². The molecule has 0 amide bonds. The average molecular weight is 357 g/mol. The lowest BCUT2D eigenvalue weighted by Crippen LogP contribution is -2.36. The van der Waals surface area contributed by atoms with E-state index < -0.39 is 0 Å². The zero-order chi connectivity index (χ0) is 15.7. The maximum absolute atomic E-state index is 5.21. The molecule has 0 spiro atoms. The Morgan fingerprint density at radius 1 is 1.19 bits per heavy atom. The van der Waals surface area contributed by atoms with Gasteiger partial charge in [0.25, 0.3) is 0 Å². The maximum atomic E-state index is 5.21. The van der Waals surface area contributed by atoms with Crippen LogP contribution in [0, 0.1) is 0 Å². The lowest BCUT2D eigenvalue weighted by atomic mass is 10.0. The van der Waals surface area contributed by atoms with Crippen LogP contribution in [0.4, 0.5) is 0 Å². The van der Waals surface area contributed by atoms with Gasteiger partial charge in [-0.3, -0.25) is 4.90 Å². The van der Waals surface area contributed by atoms with Crippen LogP contribution in [-0.4, -0.2) is 44.3 Å². The molecule has 0 heterocycles. The SMILES string of the molecule is CCNC(CCN(CCOC)C(C)C)c1ccc(Br)cc1. The summed E-state index contributed by atoms with van der Waals surface area (Å²) >= 11 is 3.50. The van der Waals surface area contributed by atoms with Gasteiger partial charge in [-0.2, -0.15) is 0 Å². The molecule has 0 bridgehead atoms. The molecule has 0 saturated carbocycles. The molecule has 1 rings (SSSR count). The summed E-state index contributed by atoms with van der Waals surface area (Å²) in [7, 11) is 1.77. The molecule has 3 nitrogen and oxygen atoms in total. The topological polar surface area (TPSA) is 24.5 Å². The summed E-state index contributed by atoms with van der Waals surface area (Å²) < 4.78 is 6.34. The third-order valence-corrected chi connectivity index (χ3v) is 4.27. The molecule has 1 unspecified atom stereocenters. The van der Waals surface area contributed by atoms with Crippen molar-refractivity contribution in [3.05, 3.63) is 34.3 Å². The van der Waals surface area contributed by atoms with Gasteiger partial charge in [-0.05, 0) is 44.5 Å². The molecule has 0 radical (unpaired) electrons. The number of ether oxygens (including phenoxy) is 1. The van der Waals surface area contributed by atoms with E-state index in [0.29, 0.717) is 12.1 Å². The summed E-state index contributed by atoms with van der Waals surface area (Å²) in [6, 6.07) is 9.59. The first-order valence-electron chi connectivity index (χ1n) is 7.80. The normalized spacial score (nSPS) is 13.1. The minimum absolute atomic E-state index is 0.409. The van der Waals surface area contributed by atoms with Crippen molar-refractivity contribution in [2.45, 2.75) is 39.3 Å². The van der Waals surface area contributed by atoms with E-state index in [1.807, 2.05) is 0 Å². The Hall–Kier alpha value is -0.420. The Labute approximate surface area is 138 Å². The van der Waals surface area contributed by atoms with E-state index in [9.17, 15) is 0 Å². The highest BCUT2D eigenvalue weighted by atomic mass is 79.9. The van der Waals surface area contributed by atoms with Crippen molar-refractivity contribution in [3.8, 4) is 0 Å². The first kappa shape index (κ1) is 18.6. The van der Waals surface area contributed by atoms with Gasteiger partial charge in [-0.1, -0.05) is 35.0 Å². The van der Waals surface area contributed by atoms with Crippen LogP contribution in [0.25, 0.3) is 0 Å². The van der Waals surface area contributed by atoms with E-state index in [1.54, 1.807) is 7.11 Å². The highest BCUT2D eigenvalue weighted by Gasteiger charge is 2.14. The van der Waals surface area contributed by atoms with Crippen molar-refractivity contribution in [2.75, 3.05) is 33.4 Å². The molecule has 1 N–H and O–H groups in total. The van der Waals surface area contributed by atoms with E-state index in [4.69, 9.17) is 4.74 Å². The number of hydrogen-bond donors (Lipinski definition) is 1. The molecule has 0 aliphatic carbocycles. The van der Waals surface area contributed by atoms with Crippen LogP contribution in [-0.2, 0) is 4.74 Å². The monoisotopic (exact) mass is 356 g/mol.